The Morgan fingerprint density at radius 1 is 1.05 bits per heavy atom. The summed E-state index contributed by atoms with van der Waals surface area (Å²) in [6.45, 7) is 2.06. The van der Waals surface area contributed by atoms with Gasteiger partial charge in [0.15, 0.2) is 0 Å². The number of hydrogen-bond donors (Lipinski definition) is 1. The number of anilines is 1. The van der Waals surface area contributed by atoms with Crippen LogP contribution in [0.4, 0.5) is 5.82 Å². The van der Waals surface area contributed by atoms with Crippen LogP contribution in [0, 0.1) is 6.92 Å². The lowest BCUT2D eigenvalue weighted by atomic mass is 9.90. The van der Waals surface area contributed by atoms with Gasteiger partial charge in [0, 0.05) is 11.3 Å². The number of nitrogens with two attached hydrogens (primary N) is 1. The maximum Gasteiger partial charge on any atom is 0.139 e. The molecular formula is C18H19N3. The van der Waals surface area contributed by atoms with E-state index in [-0.39, 0.29) is 0 Å². The lowest BCUT2D eigenvalue weighted by molar-refractivity contribution is 0.686. The number of imidazole rings is 1. The van der Waals surface area contributed by atoms with E-state index in [9.17, 15) is 0 Å². The van der Waals surface area contributed by atoms with Crippen LogP contribution in [0.1, 0.15) is 29.7 Å². The normalized spacial score (nSPS) is 14.3. The van der Waals surface area contributed by atoms with Gasteiger partial charge in [0.25, 0.3) is 0 Å². The molecule has 1 aliphatic rings. The first kappa shape index (κ1) is 12.5. The van der Waals surface area contributed by atoms with E-state index in [4.69, 9.17) is 10.7 Å². The highest BCUT2D eigenvalue weighted by Gasteiger charge is 2.15. The summed E-state index contributed by atoms with van der Waals surface area (Å²) in [6.07, 6.45) is 4.98. The van der Waals surface area contributed by atoms with Crippen molar-refractivity contribution in [2.45, 2.75) is 32.6 Å². The molecular weight excluding hydrogens is 258 g/mol. The average molecular weight is 277 g/mol. The molecule has 2 aromatic heterocycles. The van der Waals surface area contributed by atoms with Gasteiger partial charge in [-0.3, -0.25) is 4.40 Å². The van der Waals surface area contributed by atoms with Crippen molar-refractivity contribution in [3.8, 4) is 11.3 Å². The van der Waals surface area contributed by atoms with Crippen LogP contribution in [0.15, 0.2) is 36.4 Å². The molecule has 2 N–H and O–H groups in total. The Hall–Kier alpha value is -2.29. The van der Waals surface area contributed by atoms with Crippen LogP contribution in [0.2, 0.25) is 0 Å². The fourth-order valence-electron chi connectivity index (χ4n) is 3.37. The quantitative estimate of drug-likeness (QED) is 0.735. The predicted molar refractivity (Wildman–Crippen MR) is 86.4 cm³/mol. The first-order chi connectivity index (χ1) is 10.2. The Morgan fingerprint density at radius 2 is 1.86 bits per heavy atom. The van der Waals surface area contributed by atoms with Gasteiger partial charge in [0.2, 0.25) is 0 Å². The standard InChI is InChI=1S/C18H19N3/c1-12-5-4-8-16-20-17(18(19)21(12)16)15-10-9-13-6-2-3-7-14(13)11-15/h4-5,8-11H,2-3,6-7,19H2,1H3. The van der Waals surface area contributed by atoms with Gasteiger partial charge in [-0.2, -0.15) is 0 Å². The van der Waals surface area contributed by atoms with E-state index < -0.39 is 0 Å². The molecule has 0 fully saturated rings. The number of nitrogen functional groups attached to an aromatic ring is 1. The maximum atomic E-state index is 6.35. The third kappa shape index (κ3) is 1.92. The van der Waals surface area contributed by atoms with Crippen molar-refractivity contribution < 1.29 is 0 Å². The first-order valence-corrected chi connectivity index (χ1v) is 7.60. The first-order valence-electron chi connectivity index (χ1n) is 7.60. The molecule has 1 aromatic carbocycles. The van der Waals surface area contributed by atoms with Crippen molar-refractivity contribution in [1.29, 1.82) is 0 Å². The largest absolute Gasteiger partial charge is 0.383 e. The van der Waals surface area contributed by atoms with Crippen LogP contribution in [0.5, 0.6) is 0 Å². The van der Waals surface area contributed by atoms with E-state index in [1.165, 1.54) is 36.8 Å². The number of pyridine rings is 1. The number of rotatable bonds is 1. The molecule has 4 rings (SSSR count). The van der Waals surface area contributed by atoms with E-state index in [0.717, 1.165) is 28.4 Å². The summed E-state index contributed by atoms with van der Waals surface area (Å²) >= 11 is 0. The molecule has 0 spiro atoms. The summed E-state index contributed by atoms with van der Waals surface area (Å²) in [5.41, 5.74) is 13.4. The van der Waals surface area contributed by atoms with Gasteiger partial charge in [-0.1, -0.05) is 18.2 Å². The molecule has 3 aromatic rings. The zero-order valence-electron chi connectivity index (χ0n) is 12.3. The SMILES string of the molecule is Cc1cccc2nc(-c3ccc4c(c3)CCCC4)c(N)n12. The lowest BCUT2D eigenvalue weighted by Gasteiger charge is -2.16. The summed E-state index contributed by atoms with van der Waals surface area (Å²) in [5.74, 6) is 0.735. The topological polar surface area (TPSA) is 43.3 Å². The number of benzene rings is 1. The van der Waals surface area contributed by atoms with Crippen molar-refractivity contribution in [2.24, 2.45) is 0 Å². The molecule has 3 nitrogen and oxygen atoms in total. The van der Waals surface area contributed by atoms with Crippen molar-refractivity contribution in [1.82, 2.24) is 9.38 Å². The summed E-state index contributed by atoms with van der Waals surface area (Å²) in [6, 6.07) is 12.8. The predicted octanol–water partition coefficient (Wildman–Crippen LogP) is 3.77. The minimum Gasteiger partial charge on any atom is -0.383 e. The zero-order chi connectivity index (χ0) is 14.4. The van der Waals surface area contributed by atoms with Gasteiger partial charge in [0.05, 0.1) is 0 Å². The van der Waals surface area contributed by atoms with Gasteiger partial charge in [-0.25, -0.2) is 4.98 Å². The van der Waals surface area contributed by atoms with Crippen molar-refractivity contribution in [2.75, 3.05) is 5.73 Å². The van der Waals surface area contributed by atoms with Crippen molar-refractivity contribution in [3.05, 3.63) is 53.2 Å². The van der Waals surface area contributed by atoms with Crippen LogP contribution in [-0.4, -0.2) is 9.38 Å². The fraction of sp³-hybridized carbons (Fsp3) is 0.278. The summed E-state index contributed by atoms with van der Waals surface area (Å²) in [4.78, 5) is 4.73. The summed E-state index contributed by atoms with van der Waals surface area (Å²) < 4.78 is 2.02. The lowest BCUT2D eigenvalue weighted by Crippen LogP contribution is -2.02. The second kappa shape index (κ2) is 4.62. The number of aromatic nitrogens is 2. The minimum atomic E-state index is 0.735. The molecule has 2 heterocycles. The van der Waals surface area contributed by atoms with Gasteiger partial charge < -0.3 is 5.73 Å². The number of fused-ring (bicyclic) bond motifs is 2. The highest BCUT2D eigenvalue weighted by Crippen LogP contribution is 2.31. The molecule has 0 radical (unpaired) electrons. The van der Waals surface area contributed by atoms with Gasteiger partial charge in [-0.15, -0.1) is 0 Å². The van der Waals surface area contributed by atoms with Crippen LogP contribution >= 0.6 is 0 Å². The van der Waals surface area contributed by atoms with Crippen molar-refractivity contribution >= 4 is 11.5 Å². The summed E-state index contributed by atoms with van der Waals surface area (Å²) in [7, 11) is 0. The van der Waals surface area contributed by atoms with E-state index in [2.05, 4.69) is 31.2 Å². The monoisotopic (exact) mass is 277 g/mol. The average Bonchev–Trinajstić information content (AvgIpc) is 2.85. The zero-order valence-corrected chi connectivity index (χ0v) is 12.3. The number of hydrogen-bond acceptors (Lipinski definition) is 2. The van der Waals surface area contributed by atoms with Crippen molar-refractivity contribution in [3.63, 3.8) is 0 Å². The highest BCUT2D eigenvalue weighted by molar-refractivity contribution is 5.76. The Balaban J connectivity index is 1.90. The van der Waals surface area contributed by atoms with E-state index in [1.54, 1.807) is 0 Å². The fourth-order valence-corrected chi connectivity index (χ4v) is 3.37. The van der Waals surface area contributed by atoms with E-state index >= 15 is 0 Å². The third-order valence-electron chi connectivity index (χ3n) is 4.50. The Morgan fingerprint density at radius 3 is 2.67 bits per heavy atom. The number of aryl methyl sites for hydroxylation is 3. The molecule has 0 saturated heterocycles. The molecule has 0 amide bonds. The molecule has 3 heteroatoms. The Labute approximate surface area is 124 Å². The van der Waals surface area contributed by atoms with Crippen LogP contribution in [-0.2, 0) is 12.8 Å². The third-order valence-corrected chi connectivity index (χ3v) is 4.50. The maximum absolute atomic E-state index is 6.35. The van der Waals surface area contributed by atoms with Crippen LogP contribution < -0.4 is 5.73 Å². The second-order valence-corrected chi connectivity index (χ2v) is 5.90. The van der Waals surface area contributed by atoms with E-state index in [0.29, 0.717) is 0 Å². The molecule has 0 bridgehead atoms. The Bertz CT molecular complexity index is 830. The van der Waals surface area contributed by atoms with E-state index in [1.807, 2.05) is 16.5 Å². The van der Waals surface area contributed by atoms with Crippen LogP contribution in [0.3, 0.4) is 0 Å². The molecule has 0 saturated carbocycles. The second-order valence-electron chi connectivity index (χ2n) is 5.90. The minimum absolute atomic E-state index is 0.735. The molecule has 106 valence electrons. The summed E-state index contributed by atoms with van der Waals surface area (Å²) in [5, 5.41) is 0. The van der Waals surface area contributed by atoms with Gasteiger partial charge >= 0.3 is 0 Å². The van der Waals surface area contributed by atoms with Gasteiger partial charge in [-0.05, 0) is 61.9 Å². The molecule has 1 aliphatic carbocycles. The molecule has 0 aliphatic heterocycles. The van der Waals surface area contributed by atoms with Crippen LogP contribution in [0.25, 0.3) is 16.9 Å². The smallest absolute Gasteiger partial charge is 0.139 e. The number of nitrogens with zero attached hydrogens (tertiary/aromatic N) is 2. The molecule has 0 unspecified atom stereocenters. The Kier molecular flexibility index (Phi) is 2.74. The molecule has 0 atom stereocenters. The van der Waals surface area contributed by atoms with Gasteiger partial charge in [0.1, 0.15) is 17.2 Å². The highest BCUT2D eigenvalue weighted by atomic mass is 15.1. The molecule has 21 heavy (non-hydrogen) atoms.